The van der Waals surface area contributed by atoms with Gasteiger partial charge in [-0.25, -0.2) is 4.79 Å². The highest BCUT2D eigenvalue weighted by Gasteiger charge is 2.25. The molecule has 5 nitrogen and oxygen atoms in total. The molecule has 5 heteroatoms. The Kier molecular flexibility index (Phi) is 4.52. The van der Waals surface area contributed by atoms with Gasteiger partial charge in [-0.15, -0.1) is 0 Å². The Morgan fingerprint density at radius 1 is 1.21 bits per heavy atom. The highest BCUT2D eigenvalue weighted by atomic mass is 16.6. The van der Waals surface area contributed by atoms with Gasteiger partial charge in [0.1, 0.15) is 12.7 Å². The molecule has 1 aliphatic rings. The van der Waals surface area contributed by atoms with Crippen LogP contribution < -0.4 is 0 Å². The molecule has 102 valence electrons. The molecule has 0 saturated carbocycles. The number of rotatable bonds is 3. The Labute approximate surface area is 111 Å². The van der Waals surface area contributed by atoms with Crippen LogP contribution in [0.2, 0.25) is 0 Å². The molecule has 0 radical (unpaired) electrons. The summed E-state index contributed by atoms with van der Waals surface area (Å²) >= 11 is 0. The van der Waals surface area contributed by atoms with E-state index >= 15 is 0 Å². The topological polar surface area (TPSA) is 66.8 Å². The number of likely N-dealkylation sites (tertiary alicyclic amines) is 1. The lowest BCUT2D eigenvalue weighted by molar-refractivity contribution is -0.154. The van der Waals surface area contributed by atoms with Gasteiger partial charge in [0.15, 0.2) is 0 Å². The Morgan fingerprint density at radius 2 is 1.84 bits per heavy atom. The maximum atomic E-state index is 12.2. The van der Waals surface area contributed by atoms with Crippen molar-refractivity contribution in [2.75, 3.05) is 19.7 Å². The van der Waals surface area contributed by atoms with Gasteiger partial charge in [-0.05, 0) is 12.1 Å². The zero-order chi connectivity index (χ0) is 13.7. The molecule has 1 aromatic carbocycles. The van der Waals surface area contributed by atoms with E-state index in [1.807, 2.05) is 18.2 Å². The molecule has 1 saturated heterocycles. The van der Waals surface area contributed by atoms with Crippen molar-refractivity contribution in [3.8, 4) is 0 Å². The molecule has 19 heavy (non-hydrogen) atoms. The third-order valence-corrected chi connectivity index (χ3v) is 3.18. The number of carbonyl (C=O) groups excluding carboxylic acids is 2. The van der Waals surface area contributed by atoms with Gasteiger partial charge in [0.05, 0.1) is 0 Å². The van der Waals surface area contributed by atoms with E-state index in [2.05, 4.69) is 0 Å². The van der Waals surface area contributed by atoms with Crippen LogP contribution in [-0.2, 0) is 9.53 Å². The second kappa shape index (κ2) is 6.33. The monoisotopic (exact) mass is 263 g/mol. The van der Waals surface area contributed by atoms with Crippen LogP contribution in [0.3, 0.4) is 0 Å². The fourth-order valence-corrected chi connectivity index (χ4v) is 2.16. The van der Waals surface area contributed by atoms with Gasteiger partial charge in [-0.3, -0.25) is 4.79 Å². The van der Waals surface area contributed by atoms with Crippen molar-refractivity contribution in [2.24, 2.45) is 0 Å². The SMILES string of the molecule is O=C(CO)OC1CCN(C(=O)c2ccccc2)CC1. The number of aliphatic hydroxyl groups excluding tert-OH is 1. The summed E-state index contributed by atoms with van der Waals surface area (Å²) in [7, 11) is 0. The van der Waals surface area contributed by atoms with Crippen LogP contribution in [0, 0.1) is 0 Å². The molecule has 0 spiro atoms. The molecular formula is C14H17NO4. The van der Waals surface area contributed by atoms with Crippen molar-refractivity contribution in [2.45, 2.75) is 18.9 Å². The van der Waals surface area contributed by atoms with Gasteiger partial charge in [-0.2, -0.15) is 0 Å². The molecule has 1 N–H and O–H groups in total. The summed E-state index contributed by atoms with van der Waals surface area (Å²) < 4.78 is 5.05. The third-order valence-electron chi connectivity index (χ3n) is 3.18. The standard InChI is InChI=1S/C14H17NO4/c16-10-13(17)19-12-6-8-15(9-7-12)14(18)11-4-2-1-3-5-11/h1-5,12,16H,6-10H2. The zero-order valence-corrected chi connectivity index (χ0v) is 10.6. The molecule has 1 aliphatic heterocycles. The minimum atomic E-state index is -0.604. The molecular weight excluding hydrogens is 246 g/mol. The van der Waals surface area contributed by atoms with Gasteiger partial charge in [0.25, 0.3) is 5.91 Å². The third kappa shape index (κ3) is 3.54. The average molecular weight is 263 g/mol. The molecule has 0 bridgehead atoms. The maximum absolute atomic E-state index is 12.2. The summed E-state index contributed by atoms with van der Waals surface area (Å²) in [6.07, 6.45) is 1.04. The lowest BCUT2D eigenvalue weighted by Gasteiger charge is -2.31. The van der Waals surface area contributed by atoms with Crippen molar-refractivity contribution in [3.63, 3.8) is 0 Å². The van der Waals surface area contributed by atoms with Gasteiger partial charge >= 0.3 is 5.97 Å². The quantitative estimate of drug-likeness (QED) is 0.820. The summed E-state index contributed by atoms with van der Waals surface area (Å²) in [5, 5.41) is 8.62. The lowest BCUT2D eigenvalue weighted by atomic mass is 10.1. The highest BCUT2D eigenvalue weighted by molar-refractivity contribution is 5.94. The van der Waals surface area contributed by atoms with Gasteiger partial charge < -0.3 is 14.7 Å². The Morgan fingerprint density at radius 3 is 2.42 bits per heavy atom. The molecule has 0 unspecified atom stereocenters. The number of carbonyl (C=O) groups is 2. The molecule has 1 heterocycles. The average Bonchev–Trinajstić information content (AvgIpc) is 2.48. The molecule has 0 atom stereocenters. The minimum Gasteiger partial charge on any atom is -0.461 e. The van der Waals surface area contributed by atoms with E-state index in [0.717, 1.165) is 0 Å². The first-order chi connectivity index (χ1) is 9.20. The Hall–Kier alpha value is -1.88. The summed E-state index contributed by atoms with van der Waals surface area (Å²) in [6.45, 7) is 0.539. The van der Waals surface area contributed by atoms with Crippen molar-refractivity contribution in [1.29, 1.82) is 0 Å². The van der Waals surface area contributed by atoms with Crippen LogP contribution in [-0.4, -0.2) is 47.7 Å². The summed E-state index contributed by atoms with van der Waals surface area (Å²) in [6, 6.07) is 9.13. The molecule has 0 aromatic heterocycles. The van der Waals surface area contributed by atoms with E-state index in [-0.39, 0.29) is 12.0 Å². The molecule has 1 fully saturated rings. The summed E-state index contributed by atoms with van der Waals surface area (Å²) in [5.74, 6) is -0.597. The predicted molar refractivity (Wildman–Crippen MR) is 68.5 cm³/mol. The number of ether oxygens (including phenoxy) is 1. The van der Waals surface area contributed by atoms with Crippen LogP contribution in [0.15, 0.2) is 30.3 Å². The first-order valence-electron chi connectivity index (χ1n) is 6.35. The number of hydrogen-bond acceptors (Lipinski definition) is 4. The zero-order valence-electron chi connectivity index (χ0n) is 10.6. The Balaban J connectivity index is 1.86. The number of amides is 1. The van der Waals surface area contributed by atoms with E-state index in [1.54, 1.807) is 17.0 Å². The van der Waals surface area contributed by atoms with E-state index < -0.39 is 12.6 Å². The van der Waals surface area contributed by atoms with Crippen LogP contribution >= 0.6 is 0 Å². The summed E-state index contributed by atoms with van der Waals surface area (Å²) in [4.78, 5) is 24.9. The second-order valence-corrected chi connectivity index (χ2v) is 4.51. The molecule has 1 aromatic rings. The summed E-state index contributed by atoms with van der Waals surface area (Å²) in [5.41, 5.74) is 0.674. The van der Waals surface area contributed by atoms with E-state index in [9.17, 15) is 9.59 Å². The fraction of sp³-hybridized carbons (Fsp3) is 0.429. The molecule has 1 amide bonds. The smallest absolute Gasteiger partial charge is 0.332 e. The van der Waals surface area contributed by atoms with Crippen molar-refractivity contribution < 1.29 is 19.4 Å². The number of benzene rings is 1. The van der Waals surface area contributed by atoms with Crippen molar-refractivity contribution in [3.05, 3.63) is 35.9 Å². The van der Waals surface area contributed by atoms with E-state index in [1.165, 1.54) is 0 Å². The number of nitrogens with zero attached hydrogens (tertiary/aromatic N) is 1. The number of aliphatic hydroxyl groups is 1. The van der Waals surface area contributed by atoms with Gasteiger partial charge in [0.2, 0.25) is 0 Å². The lowest BCUT2D eigenvalue weighted by Crippen LogP contribution is -2.41. The maximum Gasteiger partial charge on any atom is 0.332 e. The largest absolute Gasteiger partial charge is 0.461 e. The molecule has 0 aliphatic carbocycles. The van der Waals surface area contributed by atoms with Crippen molar-refractivity contribution in [1.82, 2.24) is 4.90 Å². The van der Waals surface area contributed by atoms with Gasteiger partial charge in [0, 0.05) is 31.5 Å². The first-order valence-corrected chi connectivity index (χ1v) is 6.35. The van der Waals surface area contributed by atoms with Crippen LogP contribution in [0.4, 0.5) is 0 Å². The normalized spacial score (nSPS) is 16.2. The minimum absolute atomic E-state index is 0.00698. The van der Waals surface area contributed by atoms with Crippen LogP contribution in [0.1, 0.15) is 23.2 Å². The van der Waals surface area contributed by atoms with Crippen molar-refractivity contribution >= 4 is 11.9 Å². The number of hydrogen-bond donors (Lipinski definition) is 1. The van der Waals surface area contributed by atoms with Gasteiger partial charge in [-0.1, -0.05) is 18.2 Å². The number of esters is 1. The van der Waals surface area contributed by atoms with Crippen LogP contribution in [0.5, 0.6) is 0 Å². The predicted octanol–water partition coefficient (Wildman–Crippen LogP) is 0.827. The first kappa shape index (κ1) is 13.5. The second-order valence-electron chi connectivity index (χ2n) is 4.51. The van der Waals surface area contributed by atoms with E-state index in [4.69, 9.17) is 9.84 Å². The fourth-order valence-electron chi connectivity index (χ4n) is 2.16. The highest BCUT2D eigenvalue weighted by Crippen LogP contribution is 2.16. The molecule has 2 rings (SSSR count). The number of piperidine rings is 1. The Bertz CT molecular complexity index is 438. The van der Waals surface area contributed by atoms with E-state index in [0.29, 0.717) is 31.5 Å². The van der Waals surface area contributed by atoms with Crippen LogP contribution in [0.25, 0.3) is 0 Å².